The molecule has 0 saturated carbocycles. The second kappa shape index (κ2) is 8.06. The van der Waals surface area contributed by atoms with Crippen LogP contribution in [0, 0.1) is 5.82 Å². The van der Waals surface area contributed by atoms with Crippen LogP contribution in [0.4, 0.5) is 21.7 Å². The van der Waals surface area contributed by atoms with Gasteiger partial charge in [0, 0.05) is 18.1 Å². The Morgan fingerprint density at radius 3 is 2.42 bits per heavy atom. The number of para-hydroxylation sites is 1. The van der Waals surface area contributed by atoms with Crippen LogP contribution in [0.1, 0.15) is 17.3 Å². The van der Waals surface area contributed by atoms with Gasteiger partial charge in [0.05, 0.1) is 17.9 Å². The molecule has 0 unspecified atom stereocenters. The highest BCUT2D eigenvalue weighted by molar-refractivity contribution is 6.03. The number of rotatable bonds is 6. The van der Waals surface area contributed by atoms with Crippen LogP contribution in [0.3, 0.4) is 0 Å². The number of anilines is 3. The van der Waals surface area contributed by atoms with Crippen LogP contribution in [0.25, 0.3) is 0 Å². The first kappa shape index (κ1) is 17.3. The van der Waals surface area contributed by atoms with Crippen LogP contribution in [-0.2, 0) is 0 Å². The van der Waals surface area contributed by atoms with E-state index in [0.29, 0.717) is 12.6 Å². The second-order valence-electron chi connectivity index (χ2n) is 5.31. The molecule has 26 heavy (non-hydrogen) atoms. The summed E-state index contributed by atoms with van der Waals surface area (Å²) in [6.07, 6.45) is 2.75. The molecule has 0 radical (unpaired) electrons. The summed E-state index contributed by atoms with van der Waals surface area (Å²) in [5.74, 6) is 0.133. The minimum atomic E-state index is -0.504. The number of aromatic nitrogens is 2. The van der Waals surface area contributed by atoms with Gasteiger partial charge >= 0.3 is 0 Å². The molecule has 2 aromatic carbocycles. The van der Waals surface area contributed by atoms with Crippen molar-refractivity contribution in [3.05, 3.63) is 72.3 Å². The molecule has 0 aliphatic rings. The minimum Gasteiger partial charge on any atom is -0.494 e. The van der Waals surface area contributed by atoms with Gasteiger partial charge < -0.3 is 15.4 Å². The third-order valence-electron chi connectivity index (χ3n) is 3.46. The Kier molecular flexibility index (Phi) is 5.38. The van der Waals surface area contributed by atoms with Gasteiger partial charge in [0.15, 0.2) is 0 Å². The summed E-state index contributed by atoms with van der Waals surface area (Å²) in [5, 5.41) is 5.51. The van der Waals surface area contributed by atoms with Gasteiger partial charge in [-0.3, -0.25) is 4.79 Å². The van der Waals surface area contributed by atoms with Crippen molar-refractivity contribution in [1.29, 1.82) is 0 Å². The summed E-state index contributed by atoms with van der Waals surface area (Å²) in [4.78, 5) is 20.4. The Balaban J connectivity index is 1.64. The number of benzene rings is 2. The monoisotopic (exact) mass is 352 g/mol. The molecule has 0 saturated heterocycles. The van der Waals surface area contributed by atoms with Crippen LogP contribution in [0.15, 0.2) is 60.9 Å². The first-order valence-electron chi connectivity index (χ1n) is 8.03. The predicted molar refractivity (Wildman–Crippen MR) is 97.3 cm³/mol. The normalized spacial score (nSPS) is 10.2. The number of halogens is 1. The molecule has 0 aliphatic heterocycles. The van der Waals surface area contributed by atoms with Crippen molar-refractivity contribution in [2.75, 3.05) is 17.2 Å². The third-order valence-corrected chi connectivity index (χ3v) is 3.46. The van der Waals surface area contributed by atoms with E-state index < -0.39 is 11.7 Å². The van der Waals surface area contributed by atoms with E-state index in [-0.39, 0.29) is 11.3 Å². The van der Waals surface area contributed by atoms with Crippen LogP contribution in [0.5, 0.6) is 5.75 Å². The fraction of sp³-hybridized carbons (Fsp3) is 0.105. The van der Waals surface area contributed by atoms with Gasteiger partial charge in [0.2, 0.25) is 5.95 Å². The van der Waals surface area contributed by atoms with E-state index in [2.05, 4.69) is 20.6 Å². The van der Waals surface area contributed by atoms with Crippen molar-refractivity contribution >= 4 is 23.2 Å². The zero-order chi connectivity index (χ0) is 18.4. The van der Waals surface area contributed by atoms with Gasteiger partial charge in [0.25, 0.3) is 5.91 Å². The zero-order valence-electron chi connectivity index (χ0n) is 14.1. The maximum atomic E-state index is 13.6. The largest absolute Gasteiger partial charge is 0.494 e. The fourth-order valence-corrected chi connectivity index (χ4v) is 2.20. The zero-order valence-corrected chi connectivity index (χ0v) is 14.1. The van der Waals surface area contributed by atoms with E-state index in [0.717, 1.165) is 11.4 Å². The number of nitrogens with zero attached hydrogens (tertiary/aromatic N) is 2. The number of nitrogens with one attached hydrogen (secondary N) is 2. The number of carbonyl (C=O) groups is 1. The maximum absolute atomic E-state index is 13.6. The van der Waals surface area contributed by atoms with Gasteiger partial charge in [0.1, 0.15) is 11.6 Å². The Bertz CT molecular complexity index is 883. The van der Waals surface area contributed by atoms with Crippen molar-refractivity contribution in [2.45, 2.75) is 6.92 Å². The standard InChI is InChI=1S/C19H17FN4O2/c1-2-26-15-9-7-14(8-10-15)23-19-21-11-13(12-22-19)18(25)24-17-6-4-3-5-16(17)20/h3-12H,2H2,1H3,(H,24,25)(H,21,22,23). The molecule has 0 bridgehead atoms. The number of hydrogen-bond donors (Lipinski definition) is 2. The van der Waals surface area contributed by atoms with E-state index in [9.17, 15) is 9.18 Å². The van der Waals surface area contributed by atoms with Crippen LogP contribution in [-0.4, -0.2) is 22.5 Å². The second-order valence-corrected chi connectivity index (χ2v) is 5.31. The molecule has 0 spiro atoms. The lowest BCUT2D eigenvalue weighted by Crippen LogP contribution is -2.14. The molecule has 1 heterocycles. The highest BCUT2D eigenvalue weighted by Gasteiger charge is 2.10. The Morgan fingerprint density at radius 2 is 1.77 bits per heavy atom. The molecule has 0 fully saturated rings. The average molecular weight is 352 g/mol. The van der Waals surface area contributed by atoms with Crippen molar-refractivity contribution < 1.29 is 13.9 Å². The smallest absolute Gasteiger partial charge is 0.258 e. The lowest BCUT2D eigenvalue weighted by Gasteiger charge is -2.08. The van der Waals surface area contributed by atoms with Crippen LogP contribution < -0.4 is 15.4 Å². The summed E-state index contributed by atoms with van der Waals surface area (Å²) < 4.78 is 19.0. The third kappa shape index (κ3) is 4.32. The van der Waals surface area contributed by atoms with E-state index in [1.165, 1.54) is 24.5 Å². The summed E-state index contributed by atoms with van der Waals surface area (Å²) in [5.41, 5.74) is 1.12. The molecule has 1 amide bonds. The van der Waals surface area contributed by atoms with Gasteiger partial charge in [-0.2, -0.15) is 0 Å². The number of carbonyl (C=O) groups excluding carboxylic acids is 1. The summed E-state index contributed by atoms with van der Waals surface area (Å²) in [7, 11) is 0. The molecule has 3 aromatic rings. The molecule has 2 N–H and O–H groups in total. The average Bonchev–Trinajstić information content (AvgIpc) is 2.66. The van der Waals surface area contributed by atoms with Gasteiger partial charge in [-0.1, -0.05) is 12.1 Å². The predicted octanol–water partition coefficient (Wildman–Crippen LogP) is 4.01. The first-order valence-corrected chi connectivity index (χ1v) is 8.03. The summed E-state index contributed by atoms with van der Waals surface area (Å²) in [6, 6.07) is 13.3. The molecular formula is C19H17FN4O2. The van der Waals surface area contributed by atoms with E-state index in [4.69, 9.17) is 4.74 Å². The Hall–Kier alpha value is -3.48. The molecular weight excluding hydrogens is 335 g/mol. The molecule has 3 rings (SSSR count). The topological polar surface area (TPSA) is 76.1 Å². The van der Waals surface area contributed by atoms with Crippen molar-refractivity contribution in [2.24, 2.45) is 0 Å². The number of hydrogen-bond acceptors (Lipinski definition) is 5. The number of ether oxygens (including phenoxy) is 1. The highest BCUT2D eigenvalue weighted by Crippen LogP contribution is 2.18. The quantitative estimate of drug-likeness (QED) is 0.701. The summed E-state index contributed by atoms with van der Waals surface area (Å²) in [6.45, 7) is 2.52. The van der Waals surface area contributed by atoms with E-state index >= 15 is 0 Å². The van der Waals surface area contributed by atoms with Crippen LogP contribution in [0.2, 0.25) is 0 Å². The SMILES string of the molecule is CCOc1ccc(Nc2ncc(C(=O)Nc3ccccc3F)cn2)cc1. The molecule has 0 aliphatic carbocycles. The Morgan fingerprint density at radius 1 is 1.08 bits per heavy atom. The molecule has 0 atom stereocenters. The fourth-order valence-electron chi connectivity index (χ4n) is 2.20. The van der Waals surface area contributed by atoms with Gasteiger partial charge in [-0.05, 0) is 43.3 Å². The van der Waals surface area contributed by atoms with E-state index in [1.54, 1.807) is 12.1 Å². The van der Waals surface area contributed by atoms with Gasteiger partial charge in [-0.25, -0.2) is 14.4 Å². The van der Waals surface area contributed by atoms with Crippen LogP contribution >= 0.6 is 0 Å². The lowest BCUT2D eigenvalue weighted by atomic mass is 10.2. The first-order chi connectivity index (χ1) is 12.7. The molecule has 1 aromatic heterocycles. The lowest BCUT2D eigenvalue weighted by molar-refractivity contribution is 0.102. The summed E-state index contributed by atoms with van der Waals surface area (Å²) >= 11 is 0. The van der Waals surface area contributed by atoms with Crippen molar-refractivity contribution in [3.8, 4) is 5.75 Å². The minimum absolute atomic E-state index is 0.106. The molecule has 132 valence electrons. The van der Waals surface area contributed by atoms with Crippen molar-refractivity contribution in [3.63, 3.8) is 0 Å². The van der Waals surface area contributed by atoms with Crippen molar-refractivity contribution in [1.82, 2.24) is 9.97 Å². The molecule has 6 nitrogen and oxygen atoms in total. The molecule has 7 heteroatoms. The number of amides is 1. The highest BCUT2D eigenvalue weighted by atomic mass is 19.1. The van der Waals surface area contributed by atoms with E-state index in [1.807, 2.05) is 31.2 Å². The Labute approximate surface area is 150 Å². The maximum Gasteiger partial charge on any atom is 0.258 e. The van der Waals surface area contributed by atoms with Gasteiger partial charge in [-0.15, -0.1) is 0 Å².